The molecule has 5 nitrogen and oxygen atoms in total. The molecule has 6 heteroatoms. The highest BCUT2D eigenvalue weighted by Crippen LogP contribution is 2.41. The fourth-order valence-corrected chi connectivity index (χ4v) is 2.65. The van der Waals surface area contributed by atoms with Gasteiger partial charge in [-0.15, -0.1) is 11.3 Å². The van der Waals surface area contributed by atoms with Crippen LogP contribution in [0.15, 0.2) is 40.9 Å². The third kappa shape index (κ3) is 4.92. The molecular formula is C18H29N3O2S. The topological polar surface area (TPSA) is 80.7 Å². The summed E-state index contributed by atoms with van der Waals surface area (Å²) in [5.41, 5.74) is 6.29. The van der Waals surface area contributed by atoms with Crippen LogP contribution in [0.1, 0.15) is 46.4 Å². The Morgan fingerprint density at radius 2 is 2.00 bits per heavy atom. The Bertz CT molecular complexity index is 607. The van der Waals surface area contributed by atoms with Crippen molar-refractivity contribution in [2.75, 3.05) is 6.61 Å². The number of allylic oxidation sites excluding steroid dienone is 2. The van der Waals surface area contributed by atoms with Crippen molar-refractivity contribution in [1.82, 2.24) is 4.98 Å². The summed E-state index contributed by atoms with van der Waals surface area (Å²) in [5, 5.41) is 11.2. The van der Waals surface area contributed by atoms with Crippen LogP contribution in [0, 0.1) is 10.8 Å². The summed E-state index contributed by atoms with van der Waals surface area (Å²) in [6, 6.07) is 0. The van der Waals surface area contributed by atoms with Crippen LogP contribution in [0.2, 0.25) is 0 Å². The number of hydrogen-bond acceptors (Lipinski definition) is 6. The number of nitrogens with two attached hydrogens (primary N) is 1. The number of aliphatic hydroxyl groups is 1. The molecule has 134 valence electrons. The molecule has 0 fully saturated rings. The molecule has 1 unspecified atom stereocenters. The van der Waals surface area contributed by atoms with Crippen LogP contribution in [0.25, 0.3) is 0 Å². The van der Waals surface area contributed by atoms with Crippen LogP contribution < -0.4 is 5.73 Å². The van der Waals surface area contributed by atoms with Crippen molar-refractivity contribution in [3.8, 4) is 0 Å². The van der Waals surface area contributed by atoms with Gasteiger partial charge in [-0.3, -0.25) is 9.98 Å². The Hall–Kier alpha value is -1.66. The third-order valence-corrected chi connectivity index (χ3v) is 4.83. The molecule has 0 amide bonds. The maximum atomic E-state index is 11.2. The first-order valence-electron chi connectivity index (χ1n) is 7.81. The maximum Gasteiger partial charge on any atom is 0.153 e. The summed E-state index contributed by atoms with van der Waals surface area (Å²) in [5.74, 6) is 0.382. The quantitative estimate of drug-likeness (QED) is 0.603. The van der Waals surface area contributed by atoms with Gasteiger partial charge < -0.3 is 15.6 Å². The first kappa shape index (κ1) is 20.4. The highest BCUT2D eigenvalue weighted by molar-refractivity contribution is 7.09. The van der Waals surface area contributed by atoms with E-state index in [4.69, 9.17) is 10.5 Å². The summed E-state index contributed by atoms with van der Waals surface area (Å²) >= 11 is 1.40. The van der Waals surface area contributed by atoms with Crippen molar-refractivity contribution < 1.29 is 9.84 Å². The monoisotopic (exact) mass is 351 g/mol. The molecule has 0 aliphatic rings. The highest BCUT2D eigenvalue weighted by Gasteiger charge is 2.44. The molecule has 1 aromatic rings. The summed E-state index contributed by atoms with van der Waals surface area (Å²) in [4.78, 5) is 9.12. The van der Waals surface area contributed by atoms with Crippen LogP contribution >= 0.6 is 11.3 Å². The predicted molar refractivity (Wildman–Crippen MR) is 101 cm³/mol. The molecule has 0 aromatic carbocycles. The van der Waals surface area contributed by atoms with Gasteiger partial charge in [-0.2, -0.15) is 0 Å². The summed E-state index contributed by atoms with van der Waals surface area (Å²) in [6.45, 7) is 16.0. The van der Waals surface area contributed by atoms with Crippen molar-refractivity contribution in [2.45, 2.75) is 47.1 Å². The van der Waals surface area contributed by atoms with E-state index in [2.05, 4.69) is 16.6 Å². The lowest BCUT2D eigenvalue weighted by Crippen LogP contribution is -2.43. The van der Waals surface area contributed by atoms with Gasteiger partial charge >= 0.3 is 0 Å². The van der Waals surface area contributed by atoms with E-state index in [1.165, 1.54) is 23.8 Å². The standard InChI is InChI=1S/C18H29N3O2S/c1-13(16(2,3)4)21-9-14(8-19)23-11-18(22,17(5,6)7)15-10-20-12-24-15/h8-10,12,22H,1,11,19H2,2-7H3/b14-8+,21-9?. The van der Waals surface area contributed by atoms with E-state index in [0.717, 1.165) is 10.6 Å². The van der Waals surface area contributed by atoms with E-state index < -0.39 is 11.0 Å². The molecule has 1 heterocycles. The second-order valence-electron chi connectivity index (χ2n) is 7.79. The first-order valence-corrected chi connectivity index (χ1v) is 8.69. The maximum absolute atomic E-state index is 11.2. The van der Waals surface area contributed by atoms with Crippen LogP contribution in [-0.4, -0.2) is 22.9 Å². The molecule has 0 saturated heterocycles. The Kier molecular flexibility index (Phi) is 6.36. The van der Waals surface area contributed by atoms with Crippen molar-refractivity contribution >= 4 is 17.6 Å². The number of rotatable bonds is 6. The molecule has 0 spiro atoms. The zero-order valence-corrected chi connectivity index (χ0v) is 16.3. The molecule has 0 radical (unpaired) electrons. The Labute approximate surface area is 149 Å². The number of ether oxygens (including phenoxy) is 1. The average molecular weight is 352 g/mol. The summed E-state index contributed by atoms with van der Waals surface area (Å²) < 4.78 is 5.74. The lowest BCUT2D eigenvalue weighted by atomic mass is 9.76. The van der Waals surface area contributed by atoms with Gasteiger partial charge in [0.1, 0.15) is 12.2 Å². The zero-order valence-electron chi connectivity index (χ0n) is 15.5. The van der Waals surface area contributed by atoms with Gasteiger partial charge in [-0.25, -0.2) is 0 Å². The minimum atomic E-state index is -1.18. The number of aromatic nitrogens is 1. The molecule has 0 saturated carbocycles. The van der Waals surface area contributed by atoms with E-state index in [9.17, 15) is 5.11 Å². The number of aliphatic imine (C=N–C) groups is 1. The van der Waals surface area contributed by atoms with Gasteiger partial charge in [-0.05, 0) is 5.41 Å². The largest absolute Gasteiger partial charge is 0.487 e. The van der Waals surface area contributed by atoms with E-state index >= 15 is 0 Å². The molecule has 24 heavy (non-hydrogen) atoms. The van der Waals surface area contributed by atoms with Crippen molar-refractivity contribution in [3.05, 3.63) is 40.8 Å². The molecule has 0 aliphatic carbocycles. The van der Waals surface area contributed by atoms with Crippen LogP contribution in [0.5, 0.6) is 0 Å². The Morgan fingerprint density at radius 1 is 1.38 bits per heavy atom. The van der Waals surface area contributed by atoms with Gasteiger partial charge in [0.2, 0.25) is 0 Å². The van der Waals surface area contributed by atoms with E-state index in [1.807, 2.05) is 41.5 Å². The summed E-state index contributed by atoms with van der Waals surface area (Å²) in [6.07, 6.45) is 4.53. The zero-order chi connectivity index (χ0) is 18.6. The molecule has 1 atom stereocenters. The minimum Gasteiger partial charge on any atom is -0.487 e. The lowest BCUT2D eigenvalue weighted by molar-refractivity contribution is -0.104. The van der Waals surface area contributed by atoms with E-state index in [1.54, 1.807) is 11.7 Å². The molecule has 0 bridgehead atoms. The highest BCUT2D eigenvalue weighted by atomic mass is 32.1. The van der Waals surface area contributed by atoms with Gasteiger partial charge in [-0.1, -0.05) is 48.1 Å². The Balaban J connectivity index is 2.90. The average Bonchev–Trinajstić information content (AvgIpc) is 2.99. The van der Waals surface area contributed by atoms with E-state index in [0.29, 0.717) is 5.76 Å². The molecular weight excluding hydrogens is 322 g/mol. The van der Waals surface area contributed by atoms with Gasteiger partial charge in [0.15, 0.2) is 5.76 Å². The second-order valence-corrected chi connectivity index (χ2v) is 8.67. The number of hydrogen-bond donors (Lipinski definition) is 2. The summed E-state index contributed by atoms with van der Waals surface area (Å²) in [7, 11) is 0. The Morgan fingerprint density at radius 3 is 2.42 bits per heavy atom. The first-order chi connectivity index (χ1) is 10.9. The minimum absolute atomic E-state index is 0.0513. The molecule has 3 N–H and O–H groups in total. The molecule has 1 aromatic heterocycles. The van der Waals surface area contributed by atoms with Crippen LogP contribution in [0.3, 0.4) is 0 Å². The predicted octanol–water partition coefficient (Wildman–Crippen LogP) is 3.82. The molecule has 0 aliphatic heterocycles. The van der Waals surface area contributed by atoms with Gasteiger partial charge in [0.25, 0.3) is 0 Å². The van der Waals surface area contributed by atoms with Crippen molar-refractivity contribution in [2.24, 2.45) is 21.6 Å². The van der Waals surface area contributed by atoms with Gasteiger partial charge in [0.05, 0.1) is 16.6 Å². The van der Waals surface area contributed by atoms with E-state index in [-0.39, 0.29) is 12.0 Å². The third-order valence-electron chi connectivity index (χ3n) is 3.91. The number of nitrogens with zero attached hydrogens (tertiary/aromatic N) is 2. The second kappa shape index (κ2) is 7.49. The fraction of sp³-hybridized carbons (Fsp3) is 0.556. The smallest absolute Gasteiger partial charge is 0.153 e. The number of thiazole rings is 1. The SMILES string of the molecule is C=C(N=C/C(=C\N)OCC(O)(c1cncs1)C(C)(C)C)C(C)(C)C. The normalized spacial score (nSPS) is 16.2. The van der Waals surface area contributed by atoms with Crippen LogP contribution in [0.4, 0.5) is 0 Å². The van der Waals surface area contributed by atoms with Crippen molar-refractivity contribution in [1.29, 1.82) is 0 Å². The van der Waals surface area contributed by atoms with Crippen molar-refractivity contribution in [3.63, 3.8) is 0 Å². The van der Waals surface area contributed by atoms with Gasteiger partial charge in [0, 0.05) is 23.5 Å². The lowest BCUT2D eigenvalue weighted by Gasteiger charge is -2.39. The fourth-order valence-electron chi connectivity index (χ4n) is 1.73. The molecule has 1 rings (SSSR count). The van der Waals surface area contributed by atoms with Crippen LogP contribution in [-0.2, 0) is 10.3 Å².